The minimum absolute atomic E-state index is 0.0134. The van der Waals surface area contributed by atoms with Crippen molar-refractivity contribution in [3.8, 4) is 0 Å². The van der Waals surface area contributed by atoms with Gasteiger partial charge in [0.2, 0.25) is 0 Å². The smallest absolute Gasteiger partial charge is 0.322 e. The molecule has 0 spiro atoms. The number of carbonyl (C=O) groups is 1. The van der Waals surface area contributed by atoms with E-state index in [0.717, 1.165) is 41.0 Å². The Morgan fingerprint density at radius 3 is 2.48 bits per heavy atom. The maximum Gasteiger partial charge on any atom is 0.322 e. The summed E-state index contributed by atoms with van der Waals surface area (Å²) in [5.74, 6) is 0.818. The molecular formula is C18H18ClIN4O. The second kappa shape index (κ2) is 6.99. The largest absolute Gasteiger partial charge is 0.351 e. The van der Waals surface area contributed by atoms with E-state index in [9.17, 15) is 4.79 Å². The zero-order valence-electron chi connectivity index (χ0n) is 13.5. The number of fused-ring (bicyclic) bond motifs is 2. The van der Waals surface area contributed by atoms with Crippen LogP contribution in [0.3, 0.4) is 0 Å². The van der Waals surface area contributed by atoms with Crippen LogP contribution in [0.2, 0.25) is 5.02 Å². The first-order valence-corrected chi connectivity index (χ1v) is 9.78. The number of carbonyl (C=O) groups excluding carboxylic acids is 1. The van der Waals surface area contributed by atoms with Gasteiger partial charge in [-0.3, -0.25) is 0 Å². The summed E-state index contributed by atoms with van der Waals surface area (Å²) in [5.41, 5.74) is 0.833. The van der Waals surface area contributed by atoms with Crippen LogP contribution >= 0.6 is 34.2 Å². The molecule has 2 aliphatic rings. The van der Waals surface area contributed by atoms with Gasteiger partial charge in [-0.05, 0) is 71.8 Å². The predicted molar refractivity (Wildman–Crippen MR) is 108 cm³/mol. The van der Waals surface area contributed by atoms with Gasteiger partial charge in [0, 0.05) is 28.5 Å². The Kier molecular flexibility index (Phi) is 4.73. The summed E-state index contributed by atoms with van der Waals surface area (Å²) in [6.45, 7) is 1.54. The highest BCUT2D eigenvalue weighted by Crippen LogP contribution is 2.34. The topological polar surface area (TPSA) is 48.5 Å². The number of aromatic nitrogens is 1. The number of anilines is 2. The molecule has 2 atom stereocenters. The maximum atomic E-state index is 12.8. The highest BCUT2D eigenvalue weighted by atomic mass is 127. The van der Waals surface area contributed by atoms with E-state index in [1.165, 1.54) is 0 Å². The molecule has 1 aromatic carbocycles. The maximum absolute atomic E-state index is 12.8. The fourth-order valence-electron chi connectivity index (χ4n) is 3.74. The van der Waals surface area contributed by atoms with E-state index in [2.05, 4.69) is 37.8 Å². The molecule has 0 aliphatic carbocycles. The SMILES string of the molecule is O=C(Nc1ccc(I)cc1)N1C2CCC1CN(c1ncccc1Cl)C2. The van der Waals surface area contributed by atoms with Gasteiger partial charge in [-0.15, -0.1) is 0 Å². The lowest BCUT2D eigenvalue weighted by molar-refractivity contribution is 0.175. The van der Waals surface area contributed by atoms with Crippen molar-refractivity contribution in [3.63, 3.8) is 0 Å². The Bertz CT molecular complexity index is 771. The lowest BCUT2D eigenvalue weighted by Gasteiger charge is -2.41. The first-order valence-electron chi connectivity index (χ1n) is 8.32. The van der Waals surface area contributed by atoms with E-state index >= 15 is 0 Å². The molecule has 2 unspecified atom stereocenters. The molecule has 0 radical (unpaired) electrons. The molecule has 0 saturated carbocycles. The lowest BCUT2D eigenvalue weighted by atomic mass is 10.2. The van der Waals surface area contributed by atoms with Crippen LogP contribution in [0.5, 0.6) is 0 Å². The van der Waals surface area contributed by atoms with Crippen LogP contribution in [-0.4, -0.2) is 41.1 Å². The van der Waals surface area contributed by atoms with Gasteiger partial charge in [-0.2, -0.15) is 0 Å². The number of pyridine rings is 1. The predicted octanol–water partition coefficient (Wildman–Crippen LogP) is 4.22. The van der Waals surface area contributed by atoms with Crippen molar-refractivity contribution >= 4 is 51.7 Å². The molecule has 4 rings (SSSR count). The average Bonchev–Trinajstić information content (AvgIpc) is 2.88. The Morgan fingerprint density at radius 2 is 1.84 bits per heavy atom. The molecular weight excluding hydrogens is 451 g/mol. The van der Waals surface area contributed by atoms with Crippen molar-refractivity contribution in [3.05, 3.63) is 51.2 Å². The fourth-order valence-corrected chi connectivity index (χ4v) is 4.34. The summed E-state index contributed by atoms with van der Waals surface area (Å²) in [6, 6.07) is 11.9. The number of hydrogen-bond acceptors (Lipinski definition) is 3. The van der Waals surface area contributed by atoms with Gasteiger partial charge < -0.3 is 15.1 Å². The van der Waals surface area contributed by atoms with Crippen LogP contribution < -0.4 is 10.2 Å². The number of nitrogens with zero attached hydrogens (tertiary/aromatic N) is 3. The molecule has 1 aromatic heterocycles. The standard InChI is InChI=1S/C18H18ClIN4O/c19-16-2-1-9-21-17(16)23-10-14-7-8-15(11-23)24(14)18(25)22-13-5-3-12(20)4-6-13/h1-6,9,14-15H,7-8,10-11H2,(H,22,25). The summed E-state index contributed by atoms with van der Waals surface area (Å²) in [4.78, 5) is 21.4. The highest BCUT2D eigenvalue weighted by Gasteiger charge is 2.43. The highest BCUT2D eigenvalue weighted by molar-refractivity contribution is 14.1. The summed E-state index contributed by atoms with van der Waals surface area (Å²) >= 11 is 8.55. The van der Waals surface area contributed by atoms with E-state index in [-0.39, 0.29) is 18.1 Å². The molecule has 2 aliphatic heterocycles. The molecule has 2 aromatic rings. The number of urea groups is 1. The quantitative estimate of drug-likeness (QED) is 0.671. The first kappa shape index (κ1) is 16.9. The second-order valence-electron chi connectivity index (χ2n) is 6.44. The molecule has 1 N–H and O–H groups in total. The van der Waals surface area contributed by atoms with Crippen LogP contribution in [-0.2, 0) is 0 Å². The molecule has 130 valence electrons. The third kappa shape index (κ3) is 3.42. The van der Waals surface area contributed by atoms with Gasteiger partial charge >= 0.3 is 6.03 Å². The minimum atomic E-state index is -0.0134. The molecule has 5 nitrogen and oxygen atoms in total. The van der Waals surface area contributed by atoms with Crippen LogP contribution in [0, 0.1) is 3.57 Å². The second-order valence-corrected chi connectivity index (χ2v) is 8.10. The molecule has 2 bridgehead atoms. The Labute approximate surface area is 165 Å². The van der Waals surface area contributed by atoms with Gasteiger partial charge in [-0.1, -0.05) is 11.6 Å². The Hall–Kier alpha value is -1.54. The van der Waals surface area contributed by atoms with Gasteiger partial charge in [0.15, 0.2) is 0 Å². The van der Waals surface area contributed by atoms with Gasteiger partial charge in [-0.25, -0.2) is 9.78 Å². The Morgan fingerprint density at radius 1 is 1.16 bits per heavy atom. The fraction of sp³-hybridized carbons (Fsp3) is 0.333. The molecule has 2 fully saturated rings. The molecule has 25 heavy (non-hydrogen) atoms. The van der Waals surface area contributed by atoms with Gasteiger partial charge in [0.05, 0.1) is 17.1 Å². The van der Waals surface area contributed by atoms with E-state index in [4.69, 9.17) is 11.6 Å². The zero-order valence-corrected chi connectivity index (χ0v) is 16.4. The molecule has 2 amide bonds. The molecule has 2 saturated heterocycles. The summed E-state index contributed by atoms with van der Waals surface area (Å²) in [7, 11) is 0. The molecule has 3 heterocycles. The summed E-state index contributed by atoms with van der Waals surface area (Å²) in [5, 5.41) is 3.69. The number of benzene rings is 1. The average molecular weight is 469 g/mol. The molecule has 7 heteroatoms. The van der Waals surface area contributed by atoms with Crippen LogP contribution in [0.15, 0.2) is 42.6 Å². The van der Waals surface area contributed by atoms with Gasteiger partial charge in [0.1, 0.15) is 5.82 Å². The van der Waals surface area contributed by atoms with Gasteiger partial charge in [0.25, 0.3) is 0 Å². The number of nitrogens with one attached hydrogen (secondary N) is 1. The van der Waals surface area contributed by atoms with Crippen LogP contribution in [0.1, 0.15) is 12.8 Å². The van der Waals surface area contributed by atoms with Crippen LogP contribution in [0.25, 0.3) is 0 Å². The first-order chi connectivity index (χ1) is 12.1. The van der Waals surface area contributed by atoms with Crippen molar-refractivity contribution in [1.82, 2.24) is 9.88 Å². The number of rotatable bonds is 2. The van der Waals surface area contributed by atoms with Crippen molar-refractivity contribution in [2.75, 3.05) is 23.3 Å². The lowest BCUT2D eigenvalue weighted by Crippen LogP contribution is -2.57. The number of amides is 2. The Balaban J connectivity index is 1.48. The van der Waals surface area contributed by atoms with Crippen molar-refractivity contribution < 1.29 is 4.79 Å². The zero-order chi connectivity index (χ0) is 17.4. The van der Waals surface area contributed by atoms with E-state index in [0.29, 0.717) is 5.02 Å². The van der Waals surface area contributed by atoms with E-state index < -0.39 is 0 Å². The normalized spacial score (nSPS) is 22.2. The number of hydrogen-bond donors (Lipinski definition) is 1. The van der Waals surface area contributed by atoms with E-state index in [1.807, 2.05) is 41.3 Å². The summed E-state index contributed by atoms with van der Waals surface area (Å²) < 4.78 is 1.15. The third-order valence-electron chi connectivity index (χ3n) is 4.85. The van der Waals surface area contributed by atoms with Crippen molar-refractivity contribution in [2.24, 2.45) is 0 Å². The van der Waals surface area contributed by atoms with Crippen LogP contribution in [0.4, 0.5) is 16.3 Å². The van der Waals surface area contributed by atoms with Crippen molar-refractivity contribution in [1.29, 1.82) is 0 Å². The minimum Gasteiger partial charge on any atom is -0.351 e. The number of halogens is 2. The number of piperazine rings is 1. The van der Waals surface area contributed by atoms with Crippen molar-refractivity contribution in [2.45, 2.75) is 24.9 Å². The monoisotopic (exact) mass is 468 g/mol. The summed E-state index contributed by atoms with van der Waals surface area (Å²) in [6.07, 6.45) is 3.80. The third-order valence-corrected chi connectivity index (χ3v) is 5.86. The van der Waals surface area contributed by atoms with E-state index in [1.54, 1.807) is 6.20 Å².